The number of hydrogen-bond donors (Lipinski definition) is 1. The van der Waals surface area contributed by atoms with E-state index >= 15 is 0 Å². The Hall–Kier alpha value is -3.32. The number of amides is 1. The van der Waals surface area contributed by atoms with E-state index in [4.69, 9.17) is 9.47 Å². The fraction of sp³-hybridized carbons (Fsp3) is 0.407. The maximum absolute atomic E-state index is 13.2. The smallest absolute Gasteiger partial charge is 0.295 e. The normalized spacial score (nSPS) is 19.5. The van der Waals surface area contributed by atoms with Gasteiger partial charge < -0.3 is 24.4 Å². The van der Waals surface area contributed by atoms with Crippen LogP contribution in [0, 0.1) is 0 Å². The van der Waals surface area contributed by atoms with E-state index < -0.39 is 17.7 Å². The second kappa shape index (κ2) is 9.89. The minimum atomic E-state index is -0.706. The summed E-state index contributed by atoms with van der Waals surface area (Å²) in [5, 5.41) is 11.3. The van der Waals surface area contributed by atoms with Crippen molar-refractivity contribution in [2.45, 2.75) is 38.8 Å². The number of likely N-dealkylation sites (tertiary alicyclic amines) is 1. The maximum Gasteiger partial charge on any atom is 0.295 e. The van der Waals surface area contributed by atoms with Crippen LogP contribution in [0.5, 0.6) is 11.5 Å². The number of aryl methyl sites for hydroxylation is 1. The Balaban J connectivity index is 1.82. The summed E-state index contributed by atoms with van der Waals surface area (Å²) < 4.78 is 11.5. The van der Waals surface area contributed by atoms with Crippen LogP contribution >= 0.6 is 0 Å². The van der Waals surface area contributed by atoms with Gasteiger partial charge in [-0.15, -0.1) is 0 Å². The molecule has 34 heavy (non-hydrogen) atoms. The van der Waals surface area contributed by atoms with Crippen molar-refractivity contribution in [2.24, 2.45) is 0 Å². The summed E-state index contributed by atoms with van der Waals surface area (Å²) in [6.07, 6.45) is 1.72. The van der Waals surface area contributed by atoms with E-state index in [2.05, 4.69) is 0 Å². The maximum atomic E-state index is 13.2. The van der Waals surface area contributed by atoms with Gasteiger partial charge in [0.15, 0.2) is 0 Å². The van der Waals surface area contributed by atoms with E-state index in [0.717, 1.165) is 29.7 Å². The van der Waals surface area contributed by atoms with E-state index in [1.54, 1.807) is 11.0 Å². The summed E-state index contributed by atoms with van der Waals surface area (Å²) in [4.78, 5) is 29.8. The van der Waals surface area contributed by atoms with E-state index in [9.17, 15) is 14.7 Å². The number of benzene rings is 2. The summed E-state index contributed by atoms with van der Waals surface area (Å²) >= 11 is 0. The van der Waals surface area contributed by atoms with Gasteiger partial charge in [-0.25, -0.2) is 0 Å². The number of nitrogens with zero attached hydrogens (tertiary/aromatic N) is 2. The van der Waals surface area contributed by atoms with Crippen molar-refractivity contribution in [1.29, 1.82) is 0 Å². The van der Waals surface area contributed by atoms with Crippen LogP contribution in [-0.4, -0.2) is 66.5 Å². The highest BCUT2D eigenvalue weighted by atomic mass is 16.5. The zero-order valence-electron chi connectivity index (χ0n) is 20.2. The topological polar surface area (TPSA) is 79.3 Å². The fourth-order valence-corrected chi connectivity index (χ4v) is 4.46. The molecule has 180 valence electrons. The van der Waals surface area contributed by atoms with Crippen LogP contribution in [0.15, 0.2) is 48.0 Å². The van der Waals surface area contributed by atoms with Crippen molar-refractivity contribution >= 4 is 17.4 Å². The van der Waals surface area contributed by atoms with Crippen LogP contribution in [0.2, 0.25) is 0 Å². The van der Waals surface area contributed by atoms with Gasteiger partial charge in [-0.05, 0) is 82.2 Å². The minimum absolute atomic E-state index is 0.0203. The third-order valence-corrected chi connectivity index (χ3v) is 6.06. The number of ether oxygens (including phenoxy) is 2. The number of hydrogen-bond acceptors (Lipinski definition) is 6. The van der Waals surface area contributed by atoms with Gasteiger partial charge in [0.1, 0.15) is 17.3 Å². The van der Waals surface area contributed by atoms with Crippen molar-refractivity contribution in [3.63, 3.8) is 0 Å². The van der Waals surface area contributed by atoms with Crippen molar-refractivity contribution < 1.29 is 24.2 Å². The van der Waals surface area contributed by atoms with Gasteiger partial charge in [-0.1, -0.05) is 12.1 Å². The highest BCUT2D eigenvalue weighted by Crippen LogP contribution is 2.41. The molecule has 1 unspecified atom stereocenters. The summed E-state index contributed by atoms with van der Waals surface area (Å²) in [6, 6.07) is 12.1. The van der Waals surface area contributed by atoms with Gasteiger partial charge in [0.25, 0.3) is 11.7 Å². The molecule has 1 N–H and O–H groups in total. The van der Waals surface area contributed by atoms with Crippen molar-refractivity contribution in [3.8, 4) is 11.5 Å². The van der Waals surface area contributed by atoms with Gasteiger partial charge in [0, 0.05) is 18.7 Å². The Morgan fingerprint density at radius 3 is 2.74 bits per heavy atom. The van der Waals surface area contributed by atoms with E-state index in [0.29, 0.717) is 31.0 Å². The largest absolute Gasteiger partial charge is 0.507 e. The Bertz CT molecular complexity index is 1120. The molecule has 0 saturated carbocycles. The van der Waals surface area contributed by atoms with Crippen LogP contribution in [0.25, 0.3) is 5.76 Å². The zero-order chi connectivity index (χ0) is 24.4. The second-order valence-corrected chi connectivity index (χ2v) is 9.31. The molecule has 0 radical (unpaired) electrons. The molecule has 7 nitrogen and oxygen atoms in total. The van der Waals surface area contributed by atoms with Gasteiger partial charge in [0.2, 0.25) is 0 Å². The molecule has 2 aliphatic rings. The molecule has 0 aromatic heterocycles. The lowest BCUT2D eigenvalue weighted by Gasteiger charge is -2.27. The van der Waals surface area contributed by atoms with Gasteiger partial charge in [-0.3, -0.25) is 9.59 Å². The average molecular weight is 465 g/mol. The zero-order valence-corrected chi connectivity index (χ0v) is 20.2. The fourth-order valence-electron chi connectivity index (χ4n) is 4.46. The molecule has 1 amide bonds. The lowest BCUT2D eigenvalue weighted by molar-refractivity contribution is -0.140. The number of ketones is 1. The Labute approximate surface area is 200 Å². The summed E-state index contributed by atoms with van der Waals surface area (Å²) in [5.41, 5.74) is 2.32. The van der Waals surface area contributed by atoms with Gasteiger partial charge in [-0.2, -0.15) is 0 Å². The standard InChI is InChI=1S/C27H32N2O5/c1-17(2)34-21-9-5-7-19(16-21)24-23(26(31)27(32)29(24)13-12-28(3)4)25(30)20-10-11-22-18(15-20)8-6-14-33-22/h5,7,9-11,15-17,24,30H,6,8,12-14H2,1-4H3/b25-23-. The molecule has 0 aliphatic carbocycles. The van der Waals surface area contributed by atoms with Gasteiger partial charge >= 0.3 is 0 Å². The van der Waals surface area contributed by atoms with Crippen LogP contribution in [0.1, 0.15) is 43.0 Å². The minimum Gasteiger partial charge on any atom is -0.507 e. The number of carbonyl (C=O) groups is 2. The van der Waals surface area contributed by atoms with Gasteiger partial charge in [0.05, 0.1) is 24.3 Å². The van der Waals surface area contributed by atoms with Crippen LogP contribution in [-0.2, 0) is 16.0 Å². The number of aliphatic hydroxyl groups is 1. The highest BCUT2D eigenvalue weighted by molar-refractivity contribution is 6.46. The number of Topliss-reactive ketones (excluding diaryl/α,β-unsaturated/α-hetero) is 1. The Morgan fingerprint density at radius 2 is 2.00 bits per heavy atom. The molecule has 2 heterocycles. The third-order valence-electron chi connectivity index (χ3n) is 6.06. The van der Waals surface area contributed by atoms with Crippen LogP contribution < -0.4 is 9.47 Å². The first-order chi connectivity index (χ1) is 16.3. The summed E-state index contributed by atoms with van der Waals surface area (Å²) in [5.74, 6) is -0.00418. The molecule has 1 atom stereocenters. The summed E-state index contributed by atoms with van der Waals surface area (Å²) in [7, 11) is 3.83. The Morgan fingerprint density at radius 1 is 1.21 bits per heavy atom. The first-order valence-corrected chi connectivity index (χ1v) is 11.7. The van der Waals surface area contributed by atoms with Crippen LogP contribution in [0.3, 0.4) is 0 Å². The molecule has 4 rings (SSSR count). The van der Waals surface area contributed by atoms with Crippen LogP contribution in [0.4, 0.5) is 0 Å². The first-order valence-electron chi connectivity index (χ1n) is 11.7. The van der Waals surface area contributed by atoms with Crippen molar-refractivity contribution in [3.05, 3.63) is 64.7 Å². The van der Waals surface area contributed by atoms with Crippen molar-refractivity contribution in [2.75, 3.05) is 33.8 Å². The average Bonchev–Trinajstić information content (AvgIpc) is 3.06. The number of fused-ring (bicyclic) bond motifs is 1. The third kappa shape index (κ3) is 4.80. The molecular weight excluding hydrogens is 432 g/mol. The Kier molecular flexibility index (Phi) is 6.93. The first kappa shape index (κ1) is 23.8. The molecule has 2 aliphatic heterocycles. The van der Waals surface area contributed by atoms with Crippen molar-refractivity contribution in [1.82, 2.24) is 9.80 Å². The molecule has 1 saturated heterocycles. The number of rotatable bonds is 7. The predicted octanol–water partition coefficient (Wildman–Crippen LogP) is 3.78. The highest BCUT2D eigenvalue weighted by Gasteiger charge is 2.46. The predicted molar refractivity (Wildman–Crippen MR) is 130 cm³/mol. The second-order valence-electron chi connectivity index (χ2n) is 9.31. The van der Waals surface area contributed by atoms with E-state index in [1.165, 1.54) is 0 Å². The molecular formula is C27H32N2O5. The summed E-state index contributed by atoms with van der Waals surface area (Å²) in [6.45, 7) is 5.49. The van der Waals surface area contributed by atoms with E-state index in [1.807, 2.05) is 69.2 Å². The number of likely N-dealkylation sites (N-methyl/N-ethyl adjacent to an activating group) is 1. The molecule has 2 aromatic carbocycles. The molecule has 0 bridgehead atoms. The number of carbonyl (C=O) groups excluding carboxylic acids is 2. The molecule has 1 fully saturated rings. The molecule has 2 aromatic rings. The lowest BCUT2D eigenvalue weighted by atomic mass is 9.94. The lowest BCUT2D eigenvalue weighted by Crippen LogP contribution is -2.35. The SMILES string of the molecule is CC(C)Oc1cccc(C2/C(=C(/O)c3ccc4c(c3)CCCO4)C(=O)C(=O)N2CCN(C)C)c1. The molecule has 7 heteroatoms. The molecule has 0 spiro atoms. The number of aliphatic hydroxyl groups excluding tert-OH is 1. The van der Waals surface area contributed by atoms with E-state index in [-0.39, 0.29) is 17.4 Å². The quantitative estimate of drug-likeness (QED) is 0.382. The monoisotopic (exact) mass is 464 g/mol.